The Morgan fingerprint density at radius 1 is 1.19 bits per heavy atom. The fourth-order valence-electron chi connectivity index (χ4n) is 2.82. The van der Waals surface area contributed by atoms with Gasteiger partial charge in [-0.25, -0.2) is 0 Å². The molecule has 0 spiro atoms. The summed E-state index contributed by atoms with van der Waals surface area (Å²) < 4.78 is 0. The van der Waals surface area contributed by atoms with Gasteiger partial charge in [0.05, 0.1) is 0 Å². The summed E-state index contributed by atoms with van der Waals surface area (Å²) in [5.41, 5.74) is 5.57. The molecule has 1 saturated carbocycles. The Hall–Kier alpha value is -0.0800. The Kier molecular flexibility index (Phi) is 7.06. The number of hydrogen-bond donors (Lipinski definition) is 1. The van der Waals surface area contributed by atoms with E-state index in [0.29, 0.717) is 0 Å². The van der Waals surface area contributed by atoms with Crippen molar-refractivity contribution in [1.82, 2.24) is 4.90 Å². The van der Waals surface area contributed by atoms with Crippen LogP contribution in [0.4, 0.5) is 0 Å². The summed E-state index contributed by atoms with van der Waals surface area (Å²) in [5, 5.41) is 0. The van der Waals surface area contributed by atoms with Crippen molar-refractivity contribution in [2.45, 2.75) is 64.3 Å². The van der Waals surface area contributed by atoms with E-state index in [1.165, 1.54) is 57.9 Å². The lowest BCUT2D eigenvalue weighted by Crippen LogP contribution is -2.34. The molecular formula is C14H30N2. The Morgan fingerprint density at radius 3 is 2.50 bits per heavy atom. The van der Waals surface area contributed by atoms with Crippen LogP contribution in [0.15, 0.2) is 0 Å². The predicted octanol–water partition coefficient (Wildman–Crippen LogP) is 3.02. The minimum absolute atomic E-state index is 0.810. The summed E-state index contributed by atoms with van der Waals surface area (Å²) >= 11 is 0. The molecule has 0 radical (unpaired) electrons. The van der Waals surface area contributed by atoms with Crippen molar-refractivity contribution in [3.8, 4) is 0 Å². The van der Waals surface area contributed by atoms with Gasteiger partial charge in [0.15, 0.2) is 0 Å². The molecule has 1 aliphatic carbocycles. The second-order valence-electron chi connectivity index (χ2n) is 5.60. The van der Waals surface area contributed by atoms with Crippen molar-refractivity contribution in [3.63, 3.8) is 0 Å². The summed E-state index contributed by atoms with van der Waals surface area (Å²) in [6.45, 7) is 4.45. The van der Waals surface area contributed by atoms with Crippen LogP contribution in [0.3, 0.4) is 0 Å². The van der Waals surface area contributed by atoms with Gasteiger partial charge in [-0.2, -0.15) is 0 Å². The van der Waals surface area contributed by atoms with Crippen LogP contribution in [0.2, 0.25) is 0 Å². The average Bonchev–Trinajstić information content (AvgIpc) is 2.30. The SMILES string of the molecule is CC(CCN)CCCN(C)C1CCCCC1. The lowest BCUT2D eigenvalue weighted by atomic mass is 9.94. The Balaban J connectivity index is 2.07. The zero-order chi connectivity index (χ0) is 11.8. The van der Waals surface area contributed by atoms with Crippen molar-refractivity contribution in [2.75, 3.05) is 20.1 Å². The van der Waals surface area contributed by atoms with Crippen molar-refractivity contribution in [2.24, 2.45) is 11.7 Å². The highest BCUT2D eigenvalue weighted by atomic mass is 15.1. The molecule has 96 valence electrons. The van der Waals surface area contributed by atoms with E-state index in [1.807, 2.05) is 0 Å². The summed E-state index contributed by atoms with van der Waals surface area (Å²) in [7, 11) is 2.31. The van der Waals surface area contributed by atoms with E-state index < -0.39 is 0 Å². The molecule has 2 nitrogen and oxygen atoms in total. The monoisotopic (exact) mass is 226 g/mol. The highest BCUT2D eigenvalue weighted by Crippen LogP contribution is 2.22. The molecule has 0 saturated heterocycles. The standard InChI is InChI=1S/C14H30N2/c1-13(10-11-15)7-6-12-16(2)14-8-4-3-5-9-14/h13-14H,3-12,15H2,1-2H3. The van der Waals surface area contributed by atoms with Gasteiger partial charge in [-0.05, 0) is 58.2 Å². The average molecular weight is 226 g/mol. The molecule has 16 heavy (non-hydrogen) atoms. The molecule has 0 aliphatic heterocycles. The van der Waals surface area contributed by atoms with Crippen molar-refractivity contribution >= 4 is 0 Å². The minimum atomic E-state index is 0.810. The van der Waals surface area contributed by atoms with E-state index in [-0.39, 0.29) is 0 Å². The van der Waals surface area contributed by atoms with E-state index in [0.717, 1.165) is 18.5 Å². The topological polar surface area (TPSA) is 29.3 Å². The first kappa shape index (κ1) is 14.0. The Bertz CT molecular complexity index is 164. The van der Waals surface area contributed by atoms with Crippen molar-refractivity contribution in [1.29, 1.82) is 0 Å². The summed E-state index contributed by atoms with van der Waals surface area (Å²) in [4.78, 5) is 2.59. The van der Waals surface area contributed by atoms with Crippen LogP contribution in [-0.2, 0) is 0 Å². The van der Waals surface area contributed by atoms with Gasteiger partial charge in [0, 0.05) is 6.04 Å². The molecule has 1 atom stereocenters. The van der Waals surface area contributed by atoms with Crippen molar-refractivity contribution < 1.29 is 0 Å². The van der Waals surface area contributed by atoms with Gasteiger partial charge in [-0.3, -0.25) is 0 Å². The van der Waals surface area contributed by atoms with E-state index in [9.17, 15) is 0 Å². The number of nitrogens with zero attached hydrogens (tertiary/aromatic N) is 1. The van der Waals surface area contributed by atoms with Gasteiger partial charge < -0.3 is 10.6 Å². The highest BCUT2D eigenvalue weighted by Gasteiger charge is 2.17. The Labute approximate surface area is 102 Å². The largest absolute Gasteiger partial charge is 0.330 e. The number of hydrogen-bond acceptors (Lipinski definition) is 2. The van der Waals surface area contributed by atoms with Crippen LogP contribution in [0.1, 0.15) is 58.3 Å². The maximum atomic E-state index is 5.57. The fourth-order valence-corrected chi connectivity index (χ4v) is 2.82. The molecule has 0 bridgehead atoms. The predicted molar refractivity (Wildman–Crippen MR) is 71.6 cm³/mol. The van der Waals surface area contributed by atoms with Crippen molar-refractivity contribution in [3.05, 3.63) is 0 Å². The first-order valence-electron chi connectivity index (χ1n) is 7.14. The molecule has 0 amide bonds. The summed E-state index contributed by atoms with van der Waals surface area (Å²) in [5.74, 6) is 0.810. The second kappa shape index (κ2) is 8.08. The zero-order valence-electron chi connectivity index (χ0n) is 11.3. The van der Waals surface area contributed by atoms with Gasteiger partial charge in [0.1, 0.15) is 0 Å². The minimum Gasteiger partial charge on any atom is -0.330 e. The first-order chi connectivity index (χ1) is 7.74. The maximum absolute atomic E-state index is 5.57. The number of nitrogens with two attached hydrogens (primary N) is 1. The van der Waals surface area contributed by atoms with Crippen LogP contribution in [-0.4, -0.2) is 31.1 Å². The van der Waals surface area contributed by atoms with E-state index >= 15 is 0 Å². The van der Waals surface area contributed by atoms with Crippen LogP contribution in [0, 0.1) is 5.92 Å². The van der Waals surface area contributed by atoms with Crippen LogP contribution in [0.25, 0.3) is 0 Å². The number of rotatable bonds is 7. The van der Waals surface area contributed by atoms with Gasteiger partial charge in [-0.1, -0.05) is 26.2 Å². The van der Waals surface area contributed by atoms with Gasteiger partial charge in [-0.15, -0.1) is 0 Å². The third kappa shape index (κ3) is 5.31. The zero-order valence-corrected chi connectivity index (χ0v) is 11.3. The fraction of sp³-hybridized carbons (Fsp3) is 1.00. The van der Waals surface area contributed by atoms with Gasteiger partial charge in [0.2, 0.25) is 0 Å². The van der Waals surface area contributed by atoms with Gasteiger partial charge >= 0.3 is 0 Å². The third-order valence-electron chi connectivity index (χ3n) is 4.07. The molecule has 0 aromatic heterocycles. The molecule has 2 heteroatoms. The lowest BCUT2D eigenvalue weighted by Gasteiger charge is -2.31. The Morgan fingerprint density at radius 2 is 1.88 bits per heavy atom. The normalized spacial score (nSPS) is 20.2. The first-order valence-corrected chi connectivity index (χ1v) is 7.14. The molecule has 1 rings (SSSR count). The maximum Gasteiger partial charge on any atom is 0.00922 e. The summed E-state index contributed by atoms with van der Waals surface area (Å²) in [6.07, 6.45) is 11.1. The smallest absolute Gasteiger partial charge is 0.00922 e. The molecule has 0 aromatic carbocycles. The lowest BCUT2D eigenvalue weighted by molar-refractivity contribution is 0.186. The highest BCUT2D eigenvalue weighted by molar-refractivity contribution is 4.73. The third-order valence-corrected chi connectivity index (χ3v) is 4.07. The van der Waals surface area contributed by atoms with E-state index in [1.54, 1.807) is 0 Å². The van der Waals surface area contributed by atoms with Crippen LogP contribution < -0.4 is 5.73 Å². The quantitative estimate of drug-likeness (QED) is 0.723. The molecule has 1 unspecified atom stereocenters. The molecule has 1 fully saturated rings. The van der Waals surface area contributed by atoms with Crippen LogP contribution >= 0.6 is 0 Å². The van der Waals surface area contributed by atoms with Crippen LogP contribution in [0.5, 0.6) is 0 Å². The van der Waals surface area contributed by atoms with E-state index in [2.05, 4.69) is 18.9 Å². The summed E-state index contributed by atoms with van der Waals surface area (Å²) in [6, 6.07) is 0.874. The molecule has 1 aliphatic rings. The second-order valence-corrected chi connectivity index (χ2v) is 5.60. The molecule has 0 heterocycles. The van der Waals surface area contributed by atoms with E-state index in [4.69, 9.17) is 5.73 Å². The molecule has 2 N–H and O–H groups in total. The molecule has 0 aromatic rings. The molecular weight excluding hydrogens is 196 g/mol. The van der Waals surface area contributed by atoms with Gasteiger partial charge in [0.25, 0.3) is 0 Å².